The summed E-state index contributed by atoms with van der Waals surface area (Å²) >= 11 is 0. The van der Waals surface area contributed by atoms with Crippen molar-refractivity contribution in [3.05, 3.63) is 70.0 Å². The molecular formula is C29H32N6O6. The van der Waals surface area contributed by atoms with Gasteiger partial charge < -0.3 is 19.5 Å². The monoisotopic (exact) mass is 560 g/mol. The van der Waals surface area contributed by atoms with E-state index in [0.29, 0.717) is 37.3 Å². The fraction of sp³-hybridized carbons (Fsp3) is 0.379. The maximum atomic E-state index is 13.5. The second-order valence-corrected chi connectivity index (χ2v) is 10.3. The number of nitro groups is 1. The van der Waals surface area contributed by atoms with Crippen molar-refractivity contribution in [2.24, 2.45) is 4.99 Å². The van der Waals surface area contributed by atoms with Crippen molar-refractivity contribution in [3.63, 3.8) is 0 Å². The topological polar surface area (TPSA) is 150 Å². The lowest BCUT2D eigenvalue weighted by Gasteiger charge is -2.25. The Bertz CT molecular complexity index is 1490. The van der Waals surface area contributed by atoms with Gasteiger partial charge in [-0.1, -0.05) is 0 Å². The van der Waals surface area contributed by atoms with E-state index in [-0.39, 0.29) is 35.6 Å². The number of non-ortho nitro benzene ring substituents is 1. The van der Waals surface area contributed by atoms with Gasteiger partial charge in [0.05, 0.1) is 11.5 Å². The third-order valence-corrected chi connectivity index (χ3v) is 7.30. The number of furan rings is 1. The number of aryl methyl sites for hydroxylation is 1. The minimum Gasteiger partial charge on any atom is -0.461 e. The van der Waals surface area contributed by atoms with Crippen LogP contribution in [0.15, 0.2) is 57.9 Å². The third kappa shape index (κ3) is 6.71. The Morgan fingerprint density at radius 3 is 2.51 bits per heavy atom. The molecule has 12 heteroatoms. The number of hydrogen-bond acceptors (Lipinski definition) is 7. The molecule has 2 aliphatic heterocycles. The van der Waals surface area contributed by atoms with E-state index in [1.807, 2.05) is 19.1 Å². The number of aliphatic imine (C=N–C) groups is 1. The molecule has 3 heterocycles. The zero-order chi connectivity index (χ0) is 28.9. The third-order valence-electron chi connectivity index (χ3n) is 7.30. The minimum atomic E-state index is -0.802. The first-order valence-corrected chi connectivity index (χ1v) is 13.7. The zero-order valence-electron chi connectivity index (χ0n) is 22.8. The van der Waals surface area contributed by atoms with Crippen molar-refractivity contribution in [2.45, 2.75) is 45.1 Å². The molecule has 1 aromatic heterocycles. The van der Waals surface area contributed by atoms with Crippen molar-refractivity contribution in [3.8, 4) is 0 Å². The summed E-state index contributed by atoms with van der Waals surface area (Å²) in [5.41, 5.74) is 1.38. The molecule has 2 aliphatic rings. The Hall–Kier alpha value is -4.74. The number of rotatable bonds is 6. The number of carbonyl (C=O) groups is 3. The fourth-order valence-electron chi connectivity index (χ4n) is 5.15. The zero-order valence-corrected chi connectivity index (χ0v) is 22.8. The van der Waals surface area contributed by atoms with E-state index in [4.69, 9.17) is 4.42 Å². The second-order valence-electron chi connectivity index (χ2n) is 10.3. The Morgan fingerprint density at radius 1 is 1.05 bits per heavy atom. The first-order chi connectivity index (χ1) is 19.8. The number of guanidine groups is 1. The molecule has 0 spiro atoms. The van der Waals surface area contributed by atoms with Gasteiger partial charge in [-0.15, -0.1) is 0 Å². The summed E-state index contributed by atoms with van der Waals surface area (Å²) in [6.45, 7) is 3.76. The molecule has 3 amide bonds. The Labute approximate surface area is 236 Å². The standard InChI is InChI=1S/C29H32N6O6/c1-19-16-21-17-22(9-12-25(21)41-19)30-29(32-27(37)20-7-10-23(11-8-20)35(39)40)31-24-6-2-3-15-34(28(24)38)18-26(36)33-13-4-5-14-33/h7-12,16-17,24H,2-6,13-15,18H2,1H3,(H2,30,31,32,37)/t24-/m0/s1. The molecule has 2 fully saturated rings. The van der Waals surface area contributed by atoms with Gasteiger partial charge in [-0.3, -0.25) is 29.8 Å². The molecule has 12 nitrogen and oxygen atoms in total. The number of nitro benzene ring substituents is 1. The van der Waals surface area contributed by atoms with Crippen molar-refractivity contribution < 1.29 is 23.7 Å². The van der Waals surface area contributed by atoms with Crippen LogP contribution < -0.4 is 10.6 Å². The van der Waals surface area contributed by atoms with Gasteiger partial charge in [-0.2, -0.15) is 0 Å². The molecule has 0 aliphatic carbocycles. The number of fused-ring (bicyclic) bond motifs is 1. The maximum absolute atomic E-state index is 13.5. The first kappa shape index (κ1) is 27.8. The summed E-state index contributed by atoms with van der Waals surface area (Å²) in [5.74, 6) is -0.0634. The normalized spacial score (nSPS) is 17.9. The molecule has 0 saturated carbocycles. The Morgan fingerprint density at radius 2 is 1.78 bits per heavy atom. The van der Waals surface area contributed by atoms with Crippen LogP contribution in [0, 0.1) is 17.0 Å². The van der Waals surface area contributed by atoms with Gasteiger partial charge in [-0.05, 0) is 75.4 Å². The second kappa shape index (κ2) is 12.2. The molecule has 2 saturated heterocycles. The van der Waals surface area contributed by atoms with Crippen LogP contribution in [0.5, 0.6) is 0 Å². The molecule has 3 aromatic rings. The maximum Gasteiger partial charge on any atom is 0.269 e. The van der Waals surface area contributed by atoms with Gasteiger partial charge in [0.15, 0.2) is 0 Å². The first-order valence-electron chi connectivity index (χ1n) is 13.7. The van der Waals surface area contributed by atoms with E-state index in [1.54, 1.807) is 21.9 Å². The van der Waals surface area contributed by atoms with E-state index < -0.39 is 16.9 Å². The van der Waals surface area contributed by atoms with Crippen LogP contribution in [-0.2, 0) is 9.59 Å². The van der Waals surface area contributed by atoms with Crippen molar-refractivity contribution in [1.82, 2.24) is 15.1 Å². The highest BCUT2D eigenvalue weighted by Crippen LogP contribution is 2.23. The summed E-state index contributed by atoms with van der Waals surface area (Å²) in [6.07, 6.45) is 3.89. The number of carbonyl (C=O) groups excluding carboxylic acids is 3. The van der Waals surface area contributed by atoms with Crippen molar-refractivity contribution >= 4 is 46.0 Å². The highest BCUT2D eigenvalue weighted by Gasteiger charge is 2.30. The van der Waals surface area contributed by atoms with E-state index in [2.05, 4.69) is 15.6 Å². The van der Waals surface area contributed by atoms with Crippen LogP contribution in [0.1, 0.15) is 48.2 Å². The number of nitrogens with zero attached hydrogens (tertiary/aromatic N) is 4. The highest BCUT2D eigenvalue weighted by atomic mass is 16.6. The van der Waals surface area contributed by atoms with Crippen LogP contribution in [0.2, 0.25) is 0 Å². The van der Waals surface area contributed by atoms with E-state index >= 15 is 0 Å². The average Bonchev–Trinajstić information content (AvgIpc) is 3.59. The number of benzene rings is 2. The molecule has 0 unspecified atom stereocenters. The molecule has 2 N–H and O–H groups in total. The number of hydrogen-bond donors (Lipinski definition) is 2. The van der Waals surface area contributed by atoms with Crippen LogP contribution in [0.3, 0.4) is 0 Å². The molecular weight excluding hydrogens is 528 g/mol. The predicted molar refractivity (Wildman–Crippen MR) is 153 cm³/mol. The van der Waals surface area contributed by atoms with Crippen LogP contribution in [0.25, 0.3) is 11.0 Å². The SMILES string of the molecule is Cc1cc2cc(NC(=N[C@H]3CCCCN(CC(=O)N4CCCC4)C3=O)NC(=O)c3ccc([N+](=O)[O-])cc3)ccc2o1. The lowest BCUT2D eigenvalue weighted by molar-refractivity contribution is -0.384. The van der Waals surface area contributed by atoms with Gasteiger partial charge in [-0.25, -0.2) is 4.99 Å². The number of amides is 3. The fourth-order valence-corrected chi connectivity index (χ4v) is 5.15. The van der Waals surface area contributed by atoms with E-state index in [1.165, 1.54) is 24.3 Å². The van der Waals surface area contributed by atoms with Crippen molar-refractivity contribution in [2.75, 3.05) is 31.5 Å². The smallest absolute Gasteiger partial charge is 0.269 e. The summed E-state index contributed by atoms with van der Waals surface area (Å²) in [5, 5.41) is 17.7. The quantitative estimate of drug-likeness (QED) is 0.201. The van der Waals surface area contributed by atoms with Crippen LogP contribution in [-0.4, -0.2) is 70.6 Å². The molecule has 0 bridgehead atoms. The largest absolute Gasteiger partial charge is 0.461 e. The van der Waals surface area contributed by atoms with Crippen LogP contribution >= 0.6 is 0 Å². The average molecular weight is 561 g/mol. The van der Waals surface area contributed by atoms with Gasteiger partial charge in [0.1, 0.15) is 17.4 Å². The summed E-state index contributed by atoms with van der Waals surface area (Å²) in [4.78, 5) is 58.0. The van der Waals surface area contributed by atoms with Gasteiger partial charge in [0, 0.05) is 48.4 Å². The molecule has 0 radical (unpaired) electrons. The number of anilines is 1. The lowest BCUT2D eigenvalue weighted by atomic mass is 10.1. The molecule has 2 aromatic carbocycles. The predicted octanol–water partition coefficient (Wildman–Crippen LogP) is 3.85. The number of nitrogens with one attached hydrogen (secondary N) is 2. The summed E-state index contributed by atoms with van der Waals surface area (Å²) in [6, 6.07) is 11.7. The van der Waals surface area contributed by atoms with E-state index in [0.717, 1.165) is 36.8 Å². The molecule has 5 rings (SSSR count). The minimum absolute atomic E-state index is 0.0132. The molecule has 214 valence electrons. The van der Waals surface area contributed by atoms with Gasteiger partial charge >= 0.3 is 0 Å². The molecule has 1 atom stereocenters. The lowest BCUT2D eigenvalue weighted by Crippen LogP contribution is -2.45. The van der Waals surface area contributed by atoms with Crippen LogP contribution in [0.4, 0.5) is 11.4 Å². The van der Waals surface area contributed by atoms with Crippen molar-refractivity contribution in [1.29, 1.82) is 0 Å². The van der Waals surface area contributed by atoms with Gasteiger partial charge in [0.2, 0.25) is 17.8 Å². The number of likely N-dealkylation sites (tertiary alicyclic amines) is 2. The van der Waals surface area contributed by atoms with E-state index in [9.17, 15) is 24.5 Å². The summed E-state index contributed by atoms with van der Waals surface area (Å²) < 4.78 is 5.65. The molecule has 41 heavy (non-hydrogen) atoms. The highest BCUT2D eigenvalue weighted by molar-refractivity contribution is 6.11. The summed E-state index contributed by atoms with van der Waals surface area (Å²) in [7, 11) is 0. The van der Waals surface area contributed by atoms with Gasteiger partial charge in [0.25, 0.3) is 11.6 Å². The Balaban J connectivity index is 1.40. The Kier molecular flexibility index (Phi) is 8.27.